The van der Waals surface area contributed by atoms with Crippen LogP contribution in [0.15, 0.2) is 0 Å². The van der Waals surface area contributed by atoms with E-state index >= 15 is 0 Å². The molecule has 0 aromatic carbocycles. The predicted octanol–water partition coefficient (Wildman–Crippen LogP) is -1.10. The van der Waals surface area contributed by atoms with Crippen molar-refractivity contribution in [2.75, 3.05) is 13.1 Å². The Kier molecular flexibility index (Phi) is 4.37. The Morgan fingerprint density at radius 2 is 2.29 bits per heavy atom. The molecule has 0 aromatic heterocycles. The maximum atomic E-state index is 12.1. The molecule has 21 heavy (non-hydrogen) atoms. The summed E-state index contributed by atoms with van der Waals surface area (Å²) in [5, 5.41) is 11.5. The fourth-order valence-corrected chi connectivity index (χ4v) is 2.91. The van der Waals surface area contributed by atoms with Gasteiger partial charge in [-0.3, -0.25) is 9.96 Å². The molecule has 0 aromatic rings. The van der Waals surface area contributed by atoms with E-state index in [1.807, 2.05) is 0 Å². The SMILES string of the molecule is CC(N)CNC(=N)[C@@H]1CC[C@@H]2CN1C(=O)N2OS(=O)(=O)O. The van der Waals surface area contributed by atoms with Crippen LogP contribution in [0.3, 0.4) is 0 Å². The fourth-order valence-electron chi connectivity index (χ4n) is 2.52. The van der Waals surface area contributed by atoms with Gasteiger partial charge >= 0.3 is 16.4 Å². The Morgan fingerprint density at radius 3 is 2.86 bits per heavy atom. The summed E-state index contributed by atoms with van der Waals surface area (Å²) < 4.78 is 34.5. The van der Waals surface area contributed by atoms with Crippen LogP contribution in [0.25, 0.3) is 0 Å². The average molecular weight is 321 g/mol. The topological polar surface area (TPSA) is 149 Å². The lowest BCUT2D eigenvalue weighted by atomic mass is 10.00. The van der Waals surface area contributed by atoms with Gasteiger partial charge < -0.3 is 16.0 Å². The molecule has 0 radical (unpaired) electrons. The van der Waals surface area contributed by atoms with E-state index in [1.54, 1.807) is 6.92 Å². The van der Waals surface area contributed by atoms with E-state index in [2.05, 4.69) is 9.60 Å². The third-order valence-electron chi connectivity index (χ3n) is 3.45. The summed E-state index contributed by atoms with van der Waals surface area (Å²) in [6.45, 7) is 2.45. The van der Waals surface area contributed by atoms with Crippen molar-refractivity contribution in [3.8, 4) is 0 Å². The molecule has 2 heterocycles. The highest BCUT2D eigenvalue weighted by Crippen LogP contribution is 2.30. The molecule has 120 valence electrons. The van der Waals surface area contributed by atoms with Gasteiger partial charge in [0.15, 0.2) is 0 Å². The van der Waals surface area contributed by atoms with E-state index < -0.39 is 28.5 Å². The normalized spacial score (nSPS) is 26.9. The van der Waals surface area contributed by atoms with E-state index in [0.29, 0.717) is 24.4 Å². The standard InChI is InChI=1S/C10H19N5O5S/c1-6(11)4-13-9(12)8-3-2-7-5-14(8)10(16)15(7)20-21(17,18)19/h6-8H,2-5,11H2,1H3,(H2,12,13)(H,17,18,19)/t6?,7-,8+/m1/s1. The highest BCUT2D eigenvalue weighted by Gasteiger charge is 2.48. The van der Waals surface area contributed by atoms with Gasteiger partial charge in [0.05, 0.1) is 12.1 Å². The van der Waals surface area contributed by atoms with Crippen molar-refractivity contribution in [3.63, 3.8) is 0 Å². The molecule has 3 atom stereocenters. The number of amidine groups is 1. The molecule has 5 N–H and O–H groups in total. The van der Waals surface area contributed by atoms with Crippen LogP contribution in [0.2, 0.25) is 0 Å². The van der Waals surface area contributed by atoms with E-state index in [4.69, 9.17) is 15.7 Å². The second-order valence-electron chi connectivity index (χ2n) is 5.28. The third kappa shape index (κ3) is 3.61. The Balaban J connectivity index is 2.05. The van der Waals surface area contributed by atoms with Crippen LogP contribution >= 0.6 is 0 Å². The first kappa shape index (κ1) is 15.9. The van der Waals surface area contributed by atoms with Crippen LogP contribution in [0, 0.1) is 5.41 Å². The van der Waals surface area contributed by atoms with E-state index in [0.717, 1.165) is 0 Å². The number of hydrogen-bond donors (Lipinski definition) is 4. The maximum Gasteiger partial charge on any atom is 0.418 e. The molecule has 2 fully saturated rings. The minimum atomic E-state index is -4.75. The van der Waals surface area contributed by atoms with Gasteiger partial charge in [0, 0.05) is 19.1 Å². The fraction of sp³-hybridized carbons (Fsp3) is 0.800. The monoisotopic (exact) mass is 321 g/mol. The summed E-state index contributed by atoms with van der Waals surface area (Å²) >= 11 is 0. The predicted molar refractivity (Wildman–Crippen MR) is 72.8 cm³/mol. The van der Waals surface area contributed by atoms with Crippen LogP contribution in [0.5, 0.6) is 0 Å². The lowest BCUT2D eigenvalue weighted by Gasteiger charge is -2.31. The zero-order chi connectivity index (χ0) is 15.8. The Morgan fingerprint density at radius 1 is 1.62 bits per heavy atom. The van der Waals surface area contributed by atoms with Gasteiger partial charge in [-0.25, -0.2) is 4.79 Å². The molecule has 2 rings (SSSR count). The van der Waals surface area contributed by atoms with Crippen molar-refractivity contribution in [1.29, 1.82) is 5.41 Å². The molecule has 11 heteroatoms. The van der Waals surface area contributed by atoms with Crippen molar-refractivity contribution >= 4 is 22.3 Å². The number of nitrogens with two attached hydrogens (primary N) is 1. The van der Waals surface area contributed by atoms with Crippen LogP contribution in [0.4, 0.5) is 4.79 Å². The number of hydrogen-bond acceptors (Lipinski definition) is 6. The number of amides is 2. The number of piperidine rings is 1. The number of rotatable bonds is 5. The minimum Gasteiger partial charge on any atom is -0.371 e. The molecule has 2 aliphatic heterocycles. The highest BCUT2D eigenvalue weighted by molar-refractivity contribution is 7.80. The average Bonchev–Trinajstić information content (AvgIpc) is 2.60. The summed E-state index contributed by atoms with van der Waals surface area (Å²) in [4.78, 5) is 13.5. The van der Waals surface area contributed by atoms with Crippen LogP contribution in [-0.2, 0) is 14.7 Å². The Hall–Kier alpha value is -1.43. The number of hydroxylamine groups is 2. The zero-order valence-electron chi connectivity index (χ0n) is 11.5. The van der Waals surface area contributed by atoms with Crippen molar-refractivity contribution in [2.24, 2.45) is 5.73 Å². The smallest absolute Gasteiger partial charge is 0.371 e. The first-order valence-electron chi connectivity index (χ1n) is 6.54. The number of nitrogens with zero attached hydrogens (tertiary/aromatic N) is 2. The second kappa shape index (κ2) is 5.75. The van der Waals surface area contributed by atoms with Gasteiger partial charge in [-0.2, -0.15) is 13.5 Å². The number of nitrogens with one attached hydrogen (secondary N) is 2. The number of carbonyl (C=O) groups is 1. The summed E-state index contributed by atoms with van der Waals surface area (Å²) in [6, 6.07) is -1.72. The van der Waals surface area contributed by atoms with Crippen LogP contribution < -0.4 is 11.1 Å². The number of carbonyl (C=O) groups excluding carboxylic acids is 1. The van der Waals surface area contributed by atoms with E-state index in [9.17, 15) is 13.2 Å². The number of urea groups is 1. The van der Waals surface area contributed by atoms with Gasteiger partial charge in [0.2, 0.25) is 0 Å². The molecule has 2 saturated heterocycles. The van der Waals surface area contributed by atoms with Gasteiger partial charge in [-0.1, -0.05) is 0 Å². The van der Waals surface area contributed by atoms with Crippen molar-refractivity contribution < 1.29 is 22.0 Å². The minimum absolute atomic E-state index is 0.129. The first-order chi connectivity index (χ1) is 9.69. The molecule has 1 unspecified atom stereocenters. The van der Waals surface area contributed by atoms with Crippen LogP contribution in [-0.4, -0.2) is 66.0 Å². The van der Waals surface area contributed by atoms with Gasteiger partial charge in [0.1, 0.15) is 5.84 Å². The third-order valence-corrected chi connectivity index (χ3v) is 3.79. The lowest BCUT2D eigenvalue weighted by molar-refractivity contribution is -0.0316. The first-order valence-corrected chi connectivity index (χ1v) is 7.90. The Labute approximate surface area is 122 Å². The quantitative estimate of drug-likeness (QED) is 0.285. The lowest BCUT2D eigenvalue weighted by Crippen LogP contribution is -2.51. The largest absolute Gasteiger partial charge is 0.418 e. The zero-order valence-corrected chi connectivity index (χ0v) is 12.3. The van der Waals surface area contributed by atoms with Crippen molar-refractivity contribution in [1.82, 2.24) is 15.3 Å². The van der Waals surface area contributed by atoms with Gasteiger partial charge in [-0.15, -0.1) is 4.28 Å². The summed E-state index contributed by atoms with van der Waals surface area (Å²) in [6.07, 6.45) is 0.983. The van der Waals surface area contributed by atoms with Gasteiger partial charge in [-0.05, 0) is 19.8 Å². The molecule has 0 aliphatic carbocycles. The van der Waals surface area contributed by atoms with Gasteiger partial charge in [0.25, 0.3) is 0 Å². The summed E-state index contributed by atoms with van der Waals surface area (Å²) in [5.41, 5.74) is 5.60. The van der Waals surface area contributed by atoms with Crippen LogP contribution in [0.1, 0.15) is 19.8 Å². The molecule has 2 amide bonds. The molecule has 0 saturated carbocycles. The molecular formula is C10H19N5O5S. The van der Waals surface area contributed by atoms with Crippen molar-refractivity contribution in [3.05, 3.63) is 0 Å². The summed E-state index contributed by atoms with van der Waals surface area (Å²) in [7, 11) is -4.75. The number of fused-ring (bicyclic) bond motifs is 2. The summed E-state index contributed by atoms with van der Waals surface area (Å²) in [5.74, 6) is 0.160. The van der Waals surface area contributed by atoms with E-state index in [1.165, 1.54) is 4.90 Å². The molecule has 2 bridgehead atoms. The van der Waals surface area contributed by atoms with Crippen molar-refractivity contribution in [2.45, 2.75) is 37.9 Å². The maximum absolute atomic E-state index is 12.1. The second-order valence-corrected chi connectivity index (χ2v) is 6.29. The molecule has 10 nitrogen and oxygen atoms in total. The molecular weight excluding hydrogens is 302 g/mol. The van der Waals surface area contributed by atoms with E-state index in [-0.39, 0.29) is 18.4 Å². The molecule has 0 spiro atoms. The Bertz CT molecular complexity index is 536. The highest BCUT2D eigenvalue weighted by atomic mass is 32.3. The molecule has 2 aliphatic rings.